The van der Waals surface area contributed by atoms with Gasteiger partial charge in [0.15, 0.2) is 0 Å². The van der Waals surface area contributed by atoms with Crippen LogP contribution in [-0.4, -0.2) is 23.7 Å². The number of esters is 1. The number of hydrogen-bond donors (Lipinski definition) is 1. The van der Waals surface area contributed by atoms with Gasteiger partial charge >= 0.3 is 11.9 Å². The van der Waals surface area contributed by atoms with Crippen LogP contribution in [0.15, 0.2) is 0 Å². The molecule has 15 heavy (non-hydrogen) atoms. The SMILES string of the molecule is CCOC(=O)C1CCC(C)CC1C(=O)O. The van der Waals surface area contributed by atoms with Gasteiger partial charge in [-0.2, -0.15) is 0 Å². The van der Waals surface area contributed by atoms with E-state index >= 15 is 0 Å². The van der Waals surface area contributed by atoms with Crippen molar-refractivity contribution in [3.05, 3.63) is 0 Å². The first-order valence-corrected chi connectivity index (χ1v) is 5.45. The first kappa shape index (κ1) is 12.0. The Morgan fingerprint density at radius 2 is 2.00 bits per heavy atom. The van der Waals surface area contributed by atoms with Crippen molar-refractivity contribution in [3.8, 4) is 0 Å². The average Bonchev–Trinajstić information content (AvgIpc) is 2.17. The Morgan fingerprint density at radius 3 is 2.53 bits per heavy atom. The maximum atomic E-state index is 11.5. The summed E-state index contributed by atoms with van der Waals surface area (Å²) in [4.78, 5) is 22.5. The lowest BCUT2D eigenvalue weighted by molar-refractivity contribution is -0.160. The molecule has 4 heteroatoms. The Balaban J connectivity index is 2.68. The molecule has 1 rings (SSSR count). The van der Waals surface area contributed by atoms with E-state index in [0.717, 1.165) is 6.42 Å². The number of carboxylic acids is 1. The van der Waals surface area contributed by atoms with Crippen molar-refractivity contribution >= 4 is 11.9 Å². The number of ether oxygens (including phenoxy) is 1. The van der Waals surface area contributed by atoms with E-state index in [1.54, 1.807) is 6.92 Å². The molecule has 86 valence electrons. The van der Waals surface area contributed by atoms with E-state index in [-0.39, 0.29) is 5.97 Å². The van der Waals surface area contributed by atoms with Gasteiger partial charge in [-0.05, 0) is 32.1 Å². The van der Waals surface area contributed by atoms with E-state index in [4.69, 9.17) is 9.84 Å². The quantitative estimate of drug-likeness (QED) is 0.726. The molecule has 0 saturated heterocycles. The van der Waals surface area contributed by atoms with Gasteiger partial charge in [-0.3, -0.25) is 9.59 Å². The second-order valence-corrected chi connectivity index (χ2v) is 4.22. The highest BCUT2D eigenvalue weighted by atomic mass is 16.5. The van der Waals surface area contributed by atoms with Crippen molar-refractivity contribution in [2.24, 2.45) is 17.8 Å². The van der Waals surface area contributed by atoms with Crippen LogP contribution in [0, 0.1) is 17.8 Å². The Bertz CT molecular complexity index is 249. The zero-order chi connectivity index (χ0) is 11.4. The number of aliphatic carboxylic acids is 1. The minimum Gasteiger partial charge on any atom is -0.481 e. The standard InChI is InChI=1S/C11H18O4/c1-3-15-11(14)8-5-4-7(2)6-9(8)10(12)13/h7-9H,3-6H2,1-2H3,(H,12,13). The lowest BCUT2D eigenvalue weighted by Crippen LogP contribution is -2.36. The van der Waals surface area contributed by atoms with E-state index in [1.807, 2.05) is 6.92 Å². The van der Waals surface area contributed by atoms with Crippen LogP contribution in [0.4, 0.5) is 0 Å². The number of rotatable bonds is 3. The van der Waals surface area contributed by atoms with Crippen molar-refractivity contribution in [1.29, 1.82) is 0 Å². The smallest absolute Gasteiger partial charge is 0.309 e. The third-order valence-electron chi connectivity index (χ3n) is 3.02. The van der Waals surface area contributed by atoms with E-state index in [9.17, 15) is 9.59 Å². The summed E-state index contributed by atoms with van der Waals surface area (Å²) in [5.41, 5.74) is 0. The molecule has 1 aliphatic carbocycles. The molecule has 0 aromatic rings. The Morgan fingerprint density at radius 1 is 1.33 bits per heavy atom. The van der Waals surface area contributed by atoms with Crippen molar-refractivity contribution < 1.29 is 19.4 Å². The maximum Gasteiger partial charge on any atom is 0.309 e. The first-order chi connectivity index (χ1) is 7.06. The van der Waals surface area contributed by atoms with Crippen LogP contribution in [0.1, 0.15) is 33.1 Å². The van der Waals surface area contributed by atoms with Crippen LogP contribution in [0.5, 0.6) is 0 Å². The van der Waals surface area contributed by atoms with Gasteiger partial charge in [-0.15, -0.1) is 0 Å². The van der Waals surface area contributed by atoms with E-state index < -0.39 is 17.8 Å². The molecule has 3 atom stereocenters. The summed E-state index contributed by atoms with van der Waals surface area (Å²) < 4.78 is 4.89. The Labute approximate surface area is 89.6 Å². The average molecular weight is 214 g/mol. The minimum atomic E-state index is -0.875. The molecule has 1 aliphatic rings. The monoisotopic (exact) mass is 214 g/mol. The van der Waals surface area contributed by atoms with Gasteiger partial charge < -0.3 is 9.84 Å². The third-order valence-corrected chi connectivity index (χ3v) is 3.02. The highest BCUT2D eigenvalue weighted by molar-refractivity contribution is 5.81. The number of carbonyl (C=O) groups is 2. The van der Waals surface area contributed by atoms with Crippen molar-refractivity contribution in [3.63, 3.8) is 0 Å². The molecule has 0 heterocycles. The summed E-state index contributed by atoms with van der Waals surface area (Å²) in [7, 11) is 0. The van der Waals surface area contributed by atoms with Gasteiger partial charge in [0, 0.05) is 0 Å². The van der Waals surface area contributed by atoms with Crippen molar-refractivity contribution in [2.75, 3.05) is 6.61 Å². The molecule has 4 nitrogen and oxygen atoms in total. The summed E-state index contributed by atoms with van der Waals surface area (Å²) in [5.74, 6) is -1.85. The maximum absolute atomic E-state index is 11.5. The van der Waals surface area contributed by atoms with Crippen LogP contribution < -0.4 is 0 Å². The lowest BCUT2D eigenvalue weighted by Gasteiger charge is -2.30. The number of carboxylic acid groups (broad SMARTS) is 1. The normalized spacial score (nSPS) is 30.9. The summed E-state index contributed by atoms with van der Waals surface area (Å²) in [6.45, 7) is 4.08. The second kappa shape index (κ2) is 5.14. The summed E-state index contributed by atoms with van der Waals surface area (Å²) in [6, 6.07) is 0. The Kier molecular flexibility index (Phi) is 4.12. The molecule has 0 amide bonds. The predicted molar refractivity (Wildman–Crippen MR) is 54.3 cm³/mol. The van der Waals surface area contributed by atoms with Crippen LogP contribution in [0.25, 0.3) is 0 Å². The molecular formula is C11H18O4. The lowest BCUT2D eigenvalue weighted by atomic mass is 9.74. The Hall–Kier alpha value is -1.06. The molecule has 0 aliphatic heterocycles. The molecular weight excluding hydrogens is 196 g/mol. The van der Waals surface area contributed by atoms with Gasteiger partial charge in [0.05, 0.1) is 18.4 Å². The summed E-state index contributed by atoms with van der Waals surface area (Å²) in [6.07, 6.45) is 2.13. The summed E-state index contributed by atoms with van der Waals surface area (Å²) >= 11 is 0. The highest BCUT2D eigenvalue weighted by Gasteiger charge is 2.38. The molecule has 1 fully saturated rings. The van der Waals surface area contributed by atoms with Gasteiger partial charge in [0.1, 0.15) is 0 Å². The number of carbonyl (C=O) groups excluding carboxylic acids is 1. The van der Waals surface area contributed by atoms with Crippen molar-refractivity contribution in [1.82, 2.24) is 0 Å². The third kappa shape index (κ3) is 2.94. The zero-order valence-electron chi connectivity index (χ0n) is 9.23. The highest BCUT2D eigenvalue weighted by Crippen LogP contribution is 2.34. The van der Waals surface area contributed by atoms with Gasteiger partial charge in [0.25, 0.3) is 0 Å². The van der Waals surface area contributed by atoms with E-state index in [0.29, 0.717) is 25.4 Å². The zero-order valence-corrected chi connectivity index (χ0v) is 9.23. The van der Waals surface area contributed by atoms with Crippen LogP contribution in [0.3, 0.4) is 0 Å². The van der Waals surface area contributed by atoms with Gasteiger partial charge in [-0.1, -0.05) is 6.92 Å². The predicted octanol–water partition coefficient (Wildman–Crippen LogP) is 1.69. The molecule has 1 N–H and O–H groups in total. The topological polar surface area (TPSA) is 63.6 Å². The fraction of sp³-hybridized carbons (Fsp3) is 0.818. The van der Waals surface area contributed by atoms with Crippen LogP contribution >= 0.6 is 0 Å². The fourth-order valence-corrected chi connectivity index (χ4v) is 2.19. The molecule has 0 bridgehead atoms. The van der Waals surface area contributed by atoms with Crippen LogP contribution in [0.2, 0.25) is 0 Å². The molecule has 0 aromatic heterocycles. The second-order valence-electron chi connectivity index (χ2n) is 4.22. The molecule has 0 radical (unpaired) electrons. The van der Waals surface area contributed by atoms with Gasteiger partial charge in [0.2, 0.25) is 0 Å². The largest absolute Gasteiger partial charge is 0.481 e. The van der Waals surface area contributed by atoms with Crippen molar-refractivity contribution in [2.45, 2.75) is 33.1 Å². The molecule has 1 saturated carbocycles. The first-order valence-electron chi connectivity index (χ1n) is 5.45. The molecule has 0 spiro atoms. The summed E-state index contributed by atoms with van der Waals surface area (Å²) in [5, 5.41) is 9.04. The van der Waals surface area contributed by atoms with E-state index in [1.165, 1.54) is 0 Å². The van der Waals surface area contributed by atoms with Crippen LogP contribution in [-0.2, 0) is 14.3 Å². The fourth-order valence-electron chi connectivity index (χ4n) is 2.19. The molecule has 0 aromatic carbocycles. The van der Waals surface area contributed by atoms with E-state index in [2.05, 4.69) is 0 Å². The minimum absolute atomic E-state index is 0.317. The van der Waals surface area contributed by atoms with Gasteiger partial charge in [-0.25, -0.2) is 0 Å². The number of hydrogen-bond acceptors (Lipinski definition) is 3. The molecule has 3 unspecified atom stereocenters.